The van der Waals surface area contributed by atoms with Gasteiger partial charge in [-0.2, -0.15) is 0 Å². The van der Waals surface area contributed by atoms with Crippen LogP contribution in [0.15, 0.2) is 11.3 Å². The summed E-state index contributed by atoms with van der Waals surface area (Å²) < 4.78 is 4.98. The van der Waals surface area contributed by atoms with Crippen LogP contribution in [0.25, 0.3) is 0 Å². The lowest BCUT2D eigenvalue weighted by atomic mass is 10.0. The van der Waals surface area contributed by atoms with Gasteiger partial charge in [-0.1, -0.05) is 6.92 Å². The van der Waals surface area contributed by atoms with E-state index in [-0.39, 0.29) is 24.0 Å². The Bertz CT molecular complexity index is 585. The number of carboxylic acids is 1. The summed E-state index contributed by atoms with van der Waals surface area (Å²) in [6.07, 6.45) is 0.879. The number of thioether (sulfide) groups is 1. The Labute approximate surface area is 151 Å². The zero-order valence-corrected chi connectivity index (χ0v) is 15.6. The zero-order valence-electron chi connectivity index (χ0n) is 14.8. The molecule has 1 heterocycles. The van der Waals surface area contributed by atoms with Crippen LogP contribution in [0.4, 0.5) is 0 Å². The van der Waals surface area contributed by atoms with Crippen LogP contribution in [0.3, 0.4) is 0 Å². The van der Waals surface area contributed by atoms with Gasteiger partial charge < -0.3 is 15.2 Å². The number of aliphatic carboxylic acids is 1. The lowest BCUT2D eigenvalue weighted by molar-refractivity contribution is -0.150. The summed E-state index contributed by atoms with van der Waals surface area (Å²) in [6.45, 7) is 6.75. The first-order chi connectivity index (χ1) is 11.7. The first-order valence-corrected chi connectivity index (χ1v) is 9.03. The maximum atomic E-state index is 12.3. The van der Waals surface area contributed by atoms with E-state index in [1.807, 2.05) is 6.92 Å². The number of nitrogens with zero attached hydrogens (tertiary/aromatic N) is 1. The highest BCUT2D eigenvalue weighted by molar-refractivity contribution is 8.00. The molecule has 0 spiro atoms. The summed E-state index contributed by atoms with van der Waals surface area (Å²) in [5, 5.41) is 11.3. The van der Waals surface area contributed by atoms with Crippen molar-refractivity contribution in [2.45, 2.75) is 52.0 Å². The van der Waals surface area contributed by atoms with Crippen LogP contribution in [0, 0.1) is 0 Å². The van der Waals surface area contributed by atoms with Crippen molar-refractivity contribution in [2.75, 3.05) is 12.4 Å². The molecule has 2 N–H and O–H groups in total. The Hall–Kier alpha value is -2.03. The van der Waals surface area contributed by atoms with Crippen molar-refractivity contribution >= 4 is 35.5 Å². The molecular weight excluding hydrogens is 348 g/mol. The third-order valence-electron chi connectivity index (χ3n) is 3.38. The molecule has 1 aliphatic rings. The fourth-order valence-corrected chi connectivity index (χ4v) is 3.59. The van der Waals surface area contributed by atoms with Gasteiger partial charge in [-0.25, -0.2) is 4.79 Å². The third kappa shape index (κ3) is 5.48. The number of rotatable bonds is 9. The summed E-state index contributed by atoms with van der Waals surface area (Å²) in [7, 11) is 0. The predicted octanol–water partition coefficient (Wildman–Crippen LogP) is 1.11. The van der Waals surface area contributed by atoms with Gasteiger partial charge in [0.25, 0.3) is 5.91 Å². The standard InChI is InChI=1S/C16H24N2O6S/c1-5-7-24-11(20)6-8-25-15-12(17-10(4)19)14(21)18(15)13(9(2)3)16(22)23/h12,15H,5-8H2,1-4H3,(H,17,19)(H,22,23). The Morgan fingerprint density at radius 1 is 1.28 bits per heavy atom. The first kappa shape index (κ1) is 21.0. The summed E-state index contributed by atoms with van der Waals surface area (Å²) >= 11 is 1.24. The summed E-state index contributed by atoms with van der Waals surface area (Å²) in [4.78, 5) is 47.8. The number of likely N-dealkylation sites (tertiary alicyclic amines) is 1. The number of β-lactam (4-membered cyclic amide) rings is 1. The van der Waals surface area contributed by atoms with Crippen molar-refractivity contribution in [3.05, 3.63) is 11.3 Å². The minimum atomic E-state index is -1.21. The largest absolute Gasteiger partial charge is 0.477 e. The lowest BCUT2D eigenvalue weighted by Crippen LogP contribution is -2.69. The van der Waals surface area contributed by atoms with E-state index in [0.29, 0.717) is 17.9 Å². The molecule has 2 amide bonds. The maximum absolute atomic E-state index is 12.3. The normalized spacial score (nSPS) is 19.0. The van der Waals surface area contributed by atoms with E-state index in [4.69, 9.17) is 4.74 Å². The van der Waals surface area contributed by atoms with E-state index in [0.717, 1.165) is 6.42 Å². The van der Waals surface area contributed by atoms with Gasteiger partial charge in [-0.05, 0) is 25.8 Å². The van der Waals surface area contributed by atoms with Crippen LogP contribution in [0.2, 0.25) is 0 Å². The molecule has 0 radical (unpaired) electrons. The van der Waals surface area contributed by atoms with E-state index in [2.05, 4.69) is 5.32 Å². The van der Waals surface area contributed by atoms with Crippen LogP contribution >= 0.6 is 11.8 Å². The highest BCUT2D eigenvalue weighted by Gasteiger charge is 2.51. The Kier molecular flexibility index (Phi) is 7.95. The van der Waals surface area contributed by atoms with E-state index >= 15 is 0 Å². The predicted molar refractivity (Wildman–Crippen MR) is 92.6 cm³/mol. The highest BCUT2D eigenvalue weighted by Crippen LogP contribution is 2.35. The van der Waals surface area contributed by atoms with Gasteiger partial charge >= 0.3 is 11.9 Å². The number of nitrogens with one attached hydrogen (secondary N) is 1. The number of esters is 1. The average Bonchev–Trinajstić information content (AvgIpc) is 2.52. The number of hydrogen-bond acceptors (Lipinski definition) is 6. The second-order valence-corrected chi connectivity index (χ2v) is 7.00. The van der Waals surface area contributed by atoms with Crippen LogP contribution < -0.4 is 5.32 Å². The number of hydrogen-bond donors (Lipinski definition) is 2. The molecule has 0 bridgehead atoms. The SMILES string of the molecule is CCCOC(=O)CCSC1C(NC(C)=O)C(=O)N1C(C(=O)O)=C(C)C. The smallest absolute Gasteiger partial charge is 0.352 e. The zero-order chi connectivity index (χ0) is 19.1. The fraction of sp³-hybridized carbons (Fsp3) is 0.625. The fourth-order valence-electron chi connectivity index (χ4n) is 2.33. The van der Waals surface area contributed by atoms with Gasteiger partial charge in [0.05, 0.1) is 13.0 Å². The molecule has 0 aliphatic carbocycles. The minimum absolute atomic E-state index is 0.0994. The maximum Gasteiger partial charge on any atom is 0.352 e. The molecule has 1 rings (SSSR count). The number of allylic oxidation sites excluding steroid dienone is 1. The van der Waals surface area contributed by atoms with Gasteiger partial charge in [0, 0.05) is 12.7 Å². The first-order valence-electron chi connectivity index (χ1n) is 7.98. The highest BCUT2D eigenvalue weighted by atomic mass is 32.2. The molecule has 1 saturated heterocycles. The topological polar surface area (TPSA) is 113 Å². The molecule has 8 nitrogen and oxygen atoms in total. The lowest BCUT2D eigenvalue weighted by Gasteiger charge is -2.46. The van der Waals surface area contributed by atoms with Crippen LogP contribution in [-0.2, 0) is 23.9 Å². The van der Waals surface area contributed by atoms with E-state index in [9.17, 15) is 24.3 Å². The van der Waals surface area contributed by atoms with Gasteiger partial charge in [0.1, 0.15) is 17.1 Å². The van der Waals surface area contributed by atoms with E-state index in [1.165, 1.54) is 23.6 Å². The van der Waals surface area contributed by atoms with Crippen LogP contribution in [0.5, 0.6) is 0 Å². The number of carbonyl (C=O) groups is 4. The van der Waals surface area contributed by atoms with Crippen molar-refractivity contribution in [3.8, 4) is 0 Å². The van der Waals surface area contributed by atoms with E-state index in [1.54, 1.807) is 13.8 Å². The van der Waals surface area contributed by atoms with Gasteiger partial charge in [0.15, 0.2) is 0 Å². The molecule has 2 unspecified atom stereocenters. The molecule has 0 aromatic carbocycles. The number of ether oxygens (including phenoxy) is 1. The van der Waals surface area contributed by atoms with E-state index < -0.39 is 23.3 Å². The molecule has 2 atom stereocenters. The molecule has 25 heavy (non-hydrogen) atoms. The second-order valence-electron chi connectivity index (χ2n) is 5.77. The van der Waals surface area contributed by atoms with Crippen molar-refractivity contribution in [1.82, 2.24) is 10.2 Å². The van der Waals surface area contributed by atoms with Crippen LogP contribution in [0.1, 0.15) is 40.5 Å². The third-order valence-corrected chi connectivity index (χ3v) is 4.65. The summed E-state index contributed by atoms with van der Waals surface area (Å²) in [6, 6.07) is -0.803. The van der Waals surface area contributed by atoms with Crippen molar-refractivity contribution in [2.24, 2.45) is 0 Å². The molecule has 0 aromatic rings. The Morgan fingerprint density at radius 3 is 2.40 bits per heavy atom. The van der Waals surface area contributed by atoms with Crippen molar-refractivity contribution < 1.29 is 29.0 Å². The quantitative estimate of drug-likeness (QED) is 0.354. The molecular formula is C16H24N2O6S. The van der Waals surface area contributed by atoms with Crippen molar-refractivity contribution in [1.29, 1.82) is 0 Å². The number of carboxylic acid groups (broad SMARTS) is 1. The van der Waals surface area contributed by atoms with Gasteiger partial charge in [0.2, 0.25) is 5.91 Å². The molecule has 0 aromatic heterocycles. The summed E-state index contributed by atoms with van der Waals surface area (Å²) in [5.41, 5.74) is 0.382. The van der Waals surface area contributed by atoms with Gasteiger partial charge in [-0.3, -0.25) is 19.3 Å². The monoisotopic (exact) mass is 372 g/mol. The number of amides is 2. The molecule has 1 fully saturated rings. The minimum Gasteiger partial charge on any atom is -0.477 e. The molecule has 9 heteroatoms. The van der Waals surface area contributed by atoms with Crippen molar-refractivity contribution in [3.63, 3.8) is 0 Å². The number of carbonyl (C=O) groups excluding carboxylic acids is 3. The molecule has 140 valence electrons. The summed E-state index contributed by atoms with van der Waals surface area (Å²) in [5.74, 6) is -2.05. The Morgan fingerprint density at radius 2 is 1.92 bits per heavy atom. The second kappa shape index (κ2) is 9.45. The average molecular weight is 372 g/mol. The molecule has 1 aliphatic heterocycles. The Balaban J connectivity index is 2.81. The van der Waals surface area contributed by atoms with Gasteiger partial charge in [-0.15, -0.1) is 11.8 Å². The molecule has 0 saturated carbocycles. The van der Waals surface area contributed by atoms with Crippen LogP contribution in [-0.4, -0.2) is 57.5 Å².